The van der Waals surface area contributed by atoms with Crippen LogP contribution < -0.4 is 5.32 Å². The first-order chi connectivity index (χ1) is 10.9. The number of amides is 4. The van der Waals surface area contributed by atoms with Crippen molar-refractivity contribution in [3.8, 4) is 0 Å². The first kappa shape index (κ1) is 16.3. The fraction of sp³-hybridized carbons (Fsp3) is 0.824. The molecule has 1 spiro atoms. The van der Waals surface area contributed by atoms with E-state index in [1.54, 1.807) is 4.90 Å². The van der Waals surface area contributed by atoms with Gasteiger partial charge in [0.25, 0.3) is 5.91 Å². The molecule has 0 aromatic heterocycles. The Hall–Kier alpha value is -1.59. The van der Waals surface area contributed by atoms with Crippen LogP contribution in [-0.2, 0) is 9.59 Å². The molecule has 3 aliphatic rings. The zero-order chi connectivity index (χ0) is 16.6. The molecule has 2 aliphatic heterocycles. The molecule has 1 saturated carbocycles. The summed E-state index contributed by atoms with van der Waals surface area (Å²) in [5, 5.41) is 2.90. The number of carbonyl (C=O) groups excluding carboxylic acids is 3. The molecule has 4 amide bonds. The Labute approximate surface area is 137 Å². The topological polar surface area (TPSA) is 69.7 Å². The summed E-state index contributed by atoms with van der Waals surface area (Å²) in [4.78, 5) is 40.5. The smallest absolute Gasteiger partial charge is 0.325 e. The quantitative estimate of drug-likeness (QED) is 0.788. The Morgan fingerprint density at radius 1 is 1.17 bits per heavy atom. The molecule has 3 rings (SSSR count). The summed E-state index contributed by atoms with van der Waals surface area (Å²) in [5.74, 6) is 0.458. The first-order valence-corrected chi connectivity index (χ1v) is 8.86. The minimum atomic E-state index is -0.772. The van der Waals surface area contributed by atoms with E-state index in [-0.39, 0.29) is 24.3 Å². The third-order valence-electron chi connectivity index (χ3n) is 5.93. The van der Waals surface area contributed by atoms with Crippen molar-refractivity contribution in [3.05, 3.63) is 0 Å². The summed E-state index contributed by atoms with van der Waals surface area (Å²) >= 11 is 0. The van der Waals surface area contributed by atoms with Crippen LogP contribution in [-0.4, -0.2) is 52.8 Å². The van der Waals surface area contributed by atoms with Crippen molar-refractivity contribution in [2.45, 2.75) is 57.9 Å². The van der Waals surface area contributed by atoms with E-state index in [2.05, 4.69) is 12.2 Å². The van der Waals surface area contributed by atoms with E-state index in [1.807, 2.05) is 6.92 Å². The summed E-state index contributed by atoms with van der Waals surface area (Å²) in [7, 11) is 0. The van der Waals surface area contributed by atoms with Crippen LogP contribution in [0.4, 0.5) is 4.79 Å². The van der Waals surface area contributed by atoms with E-state index in [9.17, 15) is 14.4 Å². The van der Waals surface area contributed by atoms with Gasteiger partial charge in [0.15, 0.2) is 0 Å². The van der Waals surface area contributed by atoms with E-state index >= 15 is 0 Å². The van der Waals surface area contributed by atoms with Crippen LogP contribution in [0.3, 0.4) is 0 Å². The maximum absolute atomic E-state index is 12.8. The molecular formula is C17H27N3O3. The summed E-state index contributed by atoms with van der Waals surface area (Å²) in [6.45, 7) is 5.55. The molecule has 1 aliphatic carbocycles. The van der Waals surface area contributed by atoms with Crippen LogP contribution in [0.1, 0.15) is 52.4 Å². The monoisotopic (exact) mass is 321 g/mol. The number of piperidine rings is 1. The molecule has 0 bridgehead atoms. The molecule has 0 radical (unpaired) electrons. The van der Waals surface area contributed by atoms with Crippen LogP contribution in [0, 0.1) is 11.8 Å². The number of urea groups is 1. The Morgan fingerprint density at radius 3 is 2.52 bits per heavy atom. The molecule has 6 nitrogen and oxygen atoms in total. The highest BCUT2D eigenvalue weighted by atomic mass is 16.2. The second kappa shape index (κ2) is 6.13. The van der Waals surface area contributed by atoms with Crippen molar-refractivity contribution in [2.75, 3.05) is 19.6 Å². The van der Waals surface area contributed by atoms with E-state index in [0.717, 1.165) is 50.1 Å². The lowest BCUT2D eigenvalue weighted by Crippen LogP contribution is -2.54. The molecule has 1 N–H and O–H groups in total. The summed E-state index contributed by atoms with van der Waals surface area (Å²) < 4.78 is 0. The molecule has 3 fully saturated rings. The number of nitrogens with one attached hydrogen (secondary N) is 1. The van der Waals surface area contributed by atoms with Gasteiger partial charge in [0.2, 0.25) is 5.91 Å². The van der Waals surface area contributed by atoms with Crippen molar-refractivity contribution in [2.24, 2.45) is 11.8 Å². The van der Waals surface area contributed by atoms with E-state index in [4.69, 9.17) is 0 Å². The largest absolute Gasteiger partial charge is 0.341 e. The van der Waals surface area contributed by atoms with Gasteiger partial charge in [-0.1, -0.05) is 26.7 Å². The molecule has 0 unspecified atom stereocenters. The van der Waals surface area contributed by atoms with Gasteiger partial charge in [-0.2, -0.15) is 0 Å². The number of nitrogens with zero attached hydrogens (tertiary/aromatic N) is 2. The van der Waals surface area contributed by atoms with Crippen molar-refractivity contribution < 1.29 is 14.4 Å². The lowest BCUT2D eigenvalue weighted by atomic mass is 9.73. The SMILES string of the molecule is CC1CCN(C(=O)CN2C(=O)N[C@@]3(CCCC[C@H]3C)C2=O)CC1. The average Bonchev–Trinajstić information content (AvgIpc) is 2.76. The van der Waals surface area contributed by atoms with Gasteiger partial charge in [0, 0.05) is 13.1 Å². The van der Waals surface area contributed by atoms with Gasteiger partial charge in [-0.3, -0.25) is 14.5 Å². The number of rotatable bonds is 2. The second-order valence-electron chi connectivity index (χ2n) is 7.50. The van der Waals surface area contributed by atoms with Crippen LogP contribution in [0.15, 0.2) is 0 Å². The number of imide groups is 1. The van der Waals surface area contributed by atoms with E-state index in [0.29, 0.717) is 12.3 Å². The molecular weight excluding hydrogens is 294 g/mol. The molecule has 128 valence electrons. The Bertz CT molecular complexity index is 513. The van der Waals surface area contributed by atoms with Gasteiger partial charge in [-0.15, -0.1) is 0 Å². The van der Waals surface area contributed by atoms with Crippen molar-refractivity contribution in [1.29, 1.82) is 0 Å². The van der Waals surface area contributed by atoms with Crippen LogP contribution in [0.25, 0.3) is 0 Å². The lowest BCUT2D eigenvalue weighted by Gasteiger charge is -2.37. The molecule has 0 aromatic carbocycles. The predicted molar refractivity (Wildman–Crippen MR) is 85.6 cm³/mol. The zero-order valence-corrected chi connectivity index (χ0v) is 14.1. The molecule has 0 aromatic rings. The van der Waals surface area contributed by atoms with E-state index in [1.165, 1.54) is 0 Å². The number of likely N-dealkylation sites (tertiary alicyclic amines) is 1. The van der Waals surface area contributed by atoms with Gasteiger partial charge in [0.1, 0.15) is 12.1 Å². The normalized spacial score (nSPS) is 32.5. The maximum atomic E-state index is 12.8. The Kier molecular flexibility index (Phi) is 4.34. The highest BCUT2D eigenvalue weighted by molar-refractivity contribution is 6.09. The zero-order valence-electron chi connectivity index (χ0n) is 14.1. The van der Waals surface area contributed by atoms with Gasteiger partial charge < -0.3 is 10.2 Å². The average molecular weight is 321 g/mol. The standard InChI is InChI=1S/C17H27N3O3/c1-12-6-9-19(10-7-12)14(21)11-20-15(22)17(18-16(20)23)8-4-3-5-13(17)2/h12-13H,3-11H2,1-2H3,(H,18,23)/t13-,17-/m1/s1. The summed E-state index contributed by atoms with van der Waals surface area (Å²) in [5.41, 5.74) is -0.772. The van der Waals surface area contributed by atoms with Crippen molar-refractivity contribution >= 4 is 17.8 Å². The minimum absolute atomic E-state index is 0.110. The van der Waals surface area contributed by atoms with Crippen LogP contribution >= 0.6 is 0 Å². The summed E-state index contributed by atoms with van der Waals surface area (Å²) in [6.07, 6.45) is 5.65. The van der Waals surface area contributed by atoms with Gasteiger partial charge in [-0.25, -0.2) is 4.79 Å². The van der Waals surface area contributed by atoms with Crippen molar-refractivity contribution in [1.82, 2.24) is 15.1 Å². The molecule has 2 saturated heterocycles. The fourth-order valence-corrected chi connectivity index (χ4v) is 4.13. The minimum Gasteiger partial charge on any atom is -0.341 e. The van der Waals surface area contributed by atoms with Gasteiger partial charge in [0.05, 0.1) is 0 Å². The number of hydrogen-bond acceptors (Lipinski definition) is 3. The van der Waals surface area contributed by atoms with Crippen molar-refractivity contribution in [3.63, 3.8) is 0 Å². The highest BCUT2D eigenvalue weighted by Gasteiger charge is 2.55. The Balaban J connectivity index is 1.67. The second-order valence-corrected chi connectivity index (χ2v) is 7.50. The third-order valence-corrected chi connectivity index (χ3v) is 5.93. The Morgan fingerprint density at radius 2 is 1.87 bits per heavy atom. The number of carbonyl (C=O) groups is 3. The van der Waals surface area contributed by atoms with Gasteiger partial charge >= 0.3 is 6.03 Å². The maximum Gasteiger partial charge on any atom is 0.325 e. The third kappa shape index (κ3) is 2.83. The van der Waals surface area contributed by atoms with Crippen LogP contribution in [0.2, 0.25) is 0 Å². The highest BCUT2D eigenvalue weighted by Crippen LogP contribution is 2.38. The molecule has 2 atom stereocenters. The van der Waals surface area contributed by atoms with Crippen LogP contribution in [0.5, 0.6) is 0 Å². The molecule has 2 heterocycles. The predicted octanol–water partition coefficient (Wildman–Crippen LogP) is 1.75. The summed E-state index contributed by atoms with van der Waals surface area (Å²) in [6, 6.07) is -0.400. The van der Waals surface area contributed by atoms with Gasteiger partial charge in [-0.05, 0) is 37.5 Å². The van der Waals surface area contributed by atoms with E-state index < -0.39 is 11.6 Å². The fourth-order valence-electron chi connectivity index (χ4n) is 4.13. The molecule has 23 heavy (non-hydrogen) atoms. The molecule has 6 heteroatoms. The lowest BCUT2D eigenvalue weighted by molar-refractivity contribution is -0.141. The number of hydrogen-bond donors (Lipinski definition) is 1. The first-order valence-electron chi connectivity index (χ1n) is 8.86.